The minimum absolute atomic E-state index is 0.333. The Bertz CT molecular complexity index is 815. The quantitative estimate of drug-likeness (QED) is 0.378. The fraction of sp³-hybridized carbons (Fsp3) is 0.389. The van der Waals surface area contributed by atoms with Crippen molar-refractivity contribution in [2.75, 3.05) is 11.5 Å². The van der Waals surface area contributed by atoms with Gasteiger partial charge in [0.1, 0.15) is 11.4 Å². The van der Waals surface area contributed by atoms with Crippen molar-refractivity contribution in [1.29, 1.82) is 0 Å². The summed E-state index contributed by atoms with van der Waals surface area (Å²) >= 11 is 0. The third-order valence-electron chi connectivity index (χ3n) is 5.16. The minimum atomic E-state index is -1.14. The summed E-state index contributed by atoms with van der Waals surface area (Å²) in [7, 11) is 0. The maximum atomic E-state index is 13.0. The molecule has 1 aromatic carbocycles. The maximum absolute atomic E-state index is 13.0. The lowest BCUT2D eigenvalue weighted by molar-refractivity contribution is -0.133. The Balaban J connectivity index is 1.69. The first-order valence-corrected chi connectivity index (χ1v) is 7.99. The number of amides is 2. The van der Waals surface area contributed by atoms with Crippen molar-refractivity contribution in [3.05, 3.63) is 36.4 Å². The van der Waals surface area contributed by atoms with E-state index in [2.05, 4.69) is 0 Å². The van der Waals surface area contributed by atoms with Gasteiger partial charge in [-0.05, 0) is 31.2 Å². The summed E-state index contributed by atoms with van der Waals surface area (Å²) in [6, 6.07) is 6.16. The van der Waals surface area contributed by atoms with Gasteiger partial charge in [-0.3, -0.25) is 14.4 Å². The number of carbonyl (C=O) groups is 3. The number of aliphatic hydroxyl groups excluding tert-OH is 1. The van der Waals surface area contributed by atoms with Crippen LogP contribution in [0.2, 0.25) is 0 Å². The van der Waals surface area contributed by atoms with E-state index in [1.54, 1.807) is 31.2 Å². The molecule has 2 fully saturated rings. The number of hydrogen-bond acceptors (Lipinski definition) is 6. The highest BCUT2D eigenvalue weighted by Gasteiger charge is 2.72. The number of aliphatic hydroxyl groups is 1. The molecular weight excluding hydrogens is 326 g/mol. The Kier molecular flexibility index (Phi) is 3.20. The summed E-state index contributed by atoms with van der Waals surface area (Å²) in [4.78, 5) is 38.0. The Morgan fingerprint density at radius 1 is 1.20 bits per heavy atom. The highest BCUT2D eigenvalue weighted by Crippen LogP contribution is 2.57. The van der Waals surface area contributed by atoms with Gasteiger partial charge in [0, 0.05) is 6.92 Å². The van der Waals surface area contributed by atoms with Crippen molar-refractivity contribution in [1.82, 2.24) is 0 Å². The summed E-state index contributed by atoms with van der Waals surface area (Å²) in [6.45, 7) is 2.68. The van der Waals surface area contributed by atoms with E-state index >= 15 is 0 Å². The van der Waals surface area contributed by atoms with Crippen LogP contribution in [0, 0.1) is 11.8 Å². The predicted molar refractivity (Wildman–Crippen MR) is 85.7 cm³/mol. The van der Waals surface area contributed by atoms with Crippen LogP contribution >= 0.6 is 0 Å². The molecule has 0 aromatic heterocycles. The van der Waals surface area contributed by atoms with Crippen LogP contribution in [0.15, 0.2) is 36.4 Å². The van der Waals surface area contributed by atoms with E-state index in [1.807, 2.05) is 0 Å². The van der Waals surface area contributed by atoms with Crippen LogP contribution in [-0.4, -0.2) is 40.7 Å². The molecule has 1 aromatic rings. The number of ether oxygens (including phenoxy) is 2. The van der Waals surface area contributed by atoms with Gasteiger partial charge >= 0.3 is 5.97 Å². The Morgan fingerprint density at radius 2 is 1.84 bits per heavy atom. The number of anilines is 1. The number of imide groups is 1. The van der Waals surface area contributed by atoms with Crippen LogP contribution in [0.4, 0.5) is 5.69 Å². The van der Waals surface area contributed by atoms with Crippen LogP contribution in [0.1, 0.15) is 13.8 Å². The van der Waals surface area contributed by atoms with E-state index in [4.69, 9.17) is 9.47 Å². The average Bonchev–Trinajstić information content (AvgIpc) is 3.14. The molecular formula is C18H17NO6. The second kappa shape index (κ2) is 5.00. The monoisotopic (exact) mass is 343 g/mol. The molecule has 0 unspecified atom stereocenters. The summed E-state index contributed by atoms with van der Waals surface area (Å²) in [6.07, 6.45) is 3.44. The van der Waals surface area contributed by atoms with Gasteiger partial charge < -0.3 is 14.6 Å². The molecule has 7 heteroatoms. The smallest absolute Gasteiger partial charge is 0.308 e. The lowest BCUT2D eigenvalue weighted by Gasteiger charge is -2.26. The van der Waals surface area contributed by atoms with Gasteiger partial charge in [-0.15, -0.1) is 0 Å². The number of rotatable bonds is 3. The van der Waals surface area contributed by atoms with E-state index in [1.165, 1.54) is 19.1 Å². The van der Waals surface area contributed by atoms with Crippen LogP contribution in [0.3, 0.4) is 0 Å². The molecule has 0 radical (unpaired) electrons. The molecule has 1 N–H and O–H groups in total. The number of carbonyl (C=O) groups excluding carboxylic acids is 3. The maximum Gasteiger partial charge on any atom is 0.308 e. The molecule has 2 amide bonds. The first-order valence-electron chi connectivity index (χ1n) is 7.99. The van der Waals surface area contributed by atoms with Crippen molar-refractivity contribution in [2.24, 2.45) is 11.8 Å². The van der Waals surface area contributed by atoms with E-state index in [9.17, 15) is 19.5 Å². The highest BCUT2D eigenvalue weighted by atomic mass is 16.5. The molecule has 7 nitrogen and oxygen atoms in total. The number of fused-ring (bicyclic) bond motifs is 5. The Morgan fingerprint density at radius 3 is 2.44 bits per heavy atom. The molecule has 4 rings (SSSR count). The Labute approximate surface area is 143 Å². The van der Waals surface area contributed by atoms with Crippen LogP contribution in [0.25, 0.3) is 0 Å². The number of esters is 1. The zero-order valence-electron chi connectivity index (χ0n) is 13.8. The van der Waals surface area contributed by atoms with E-state index in [-0.39, 0.29) is 12.5 Å². The van der Waals surface area contributed by atoms with Crippen molar-refractivity contribution in [2.45, 2.75) is 25.0 Å². The third kappa shape index (κ3) is 2.03. The van der Waals surface area contributed by atoms with Crippen LogP contribution < -0.4 is 9.64 Å². The zero-order chi connectivity index (χ0) is 18.0. The fourth-order valence-corrected chi connectivity index (χ4v) is 4.12. The summed E-state index contributed by atoms with van der Waals surface area (Å²) in [5.41, 5.74) is -1.64. The number of nitrogens with zero attached hydrogens (tertiary/aromatic N) is 1. The topological polar surface area (TPSA) is 93.1 Å². The number of hydrogen-bond donors (Lipinski definition) is 1. The van der Waals surface area contributed by atoms with Crippen molar-refractivity contribution in [3.8, 4) is 5.75 Å². The van der Waals surface area contributed by atoms with Gasteiger partial charge in [-0.25, -0.2) is 4.90 Å². The zero-order valence-corrected chi connectivity index (χ0v) is 13.8. The first-order chi connectivity index (χ1) is 11.8. The standard InChI is InChI=1S/C18H17NO6/c1-10(21)24-12-5-3-11(4-6-12)19-15(22)13-14(16(19)23)18(9-20)8-7-17(13,2)25-18/h3-8,13-14,20H,9H2,1-2H3/t13-,14+,17-,18+/m1/s1. The average molecular weight is 343 g/mol. The SMILES string of the molecule is CC(=O)Oc1ccc(N2C(=O)[C@@H]3[C@H](C2=O)[C@@]2(C)C=C[C@@]3(CO)O2)cc1. The van der Waals surface area contributed by atoms with Gasteiger partial charge in [-0.1, -0.05) is 12.2 Å². The van der Waals surface area contributed by atoms with E-state index in [0.717, 1.165) is 4.90 Å². The first kappa shape index (κ1) is 16.0. The molecule has 0 spiro atoms. The highest BCUT2D eigenvalue weighted by molar-refractivity contribution is 6.23. The summed E-state index contributed by atoms with van der Waals surface area (Å²) in [5, 5.41) is 9.78. The van der Waals surface area contributed by atoms with E-state index in [0.29, 0.717) is 11.4 Å². The van der Waals surface area contributed by atoms with Crippen LogP contribution in [0.5, 0.6) is 5.75 Å². The molecule has 3 aliphatic rings. The van der Waals surface area contributed by atoms with Crippen LogP contribution in [-0.2, 0) is 19.1 Å². The molecule has 0 saturated carbocycles. The van der Waals surface area contributed by atoms with Gasteiger partial charge in [0.2, 0.25) is 11.8 Å². The molecule has 3 aliphatic heterocycles. The van der Waals surface area contributed by atoms with E-state index < -0.39 is 34.9 Å². The van der Waals surface area contributed by atoms with Crippen molar-refractivity contribution >= 4 is 23.5 Å². The van der Waals surface area contributed by atoms with Gasteiger partial charge in [0.15, 0.2) is 0 Å². The molecule has 3 heterocycles. The lowest BCUT2D eigenvalue weighted by Crippen LogP contribution is -2.43. The second-order valence-electron chi connectivity index (χ2n) is 6.79. The lowest BCUT2D eigenvalue weighted by atomic mass is 9.73. The van der Waals surface area contributed by atoms with Crippen molar-refractivity contribution < 1.29 is 29.0 Å². The molecule has 4 atom stereocenters. The summed E-state index contributed by atoms with van der Waals surface area (Å²) < 4.78 is 10.8. The molecule has 0 aliphatic carbocycles. The molecule has 25 heavy (non-hydrogen) atoms. The number of benzene rings is 1. The normalized spacial score (nSPS) is 35.4. The molecule has 2 bridgehead atoms. The van der Waals surface area contributed by atoms with Crippen molar-refractivity contribution in [3.63, 3.8) is 0 Å². The summed E-state index contributed by atoms with van der Waals surface area (Å²) in [5.74, 6) is -2.26. The minimum Gasteiger partial charge on any atom is -0.427 e. The van der Waals surface area contributed by atoms with Gasteiger partial charge in [0.25, 0.3) is 0 Å². The molecule has 2 saturated heterocycles. The Hall–Kier alpha value is -2.51. The third-order valence-corrected chi connectivity index (χ3v) is 5.16. The second-order valence-corrected chi connectivity index (χ2v) is 6.79. The van der Waals surface area contributed by atoms with Gasteiger partial charge in [0.05, 0.1) is 29.7 Å². The predicted octanol–water partition coefficient (Wildman–Crippen LogP) is 0.807. The molecule has 130 valence electrons. The van der Waals surface area contributed by atoms with Gasteiger partial charge in [-0.2, -0.15) is 0 Å². The largest absolute Gasteiger partial charge is 0.427 e. The fourth-order valence-electron chi connectivity index (χ4n) is 4.12.